The van der Waals surface area contributed by atoms with Gasteiger partial charge in [-0.2, -0.15) is 13.2 Å². The van der Waals surface area contributed by atoms with Gasteiger partial charge in [-0.1, -0.05) is 35.2 Å². The molecule has 1 fully saturated rings. The van der Waals surface area contributed by atoms with Gasteiger partial charge in [-0.05, 0) is 25.0 Å². The summed E-state index contributed by atoms with van der Waals surface area (Å²) in [5, 5.41) is 15.0. The molecule has 11 heteroatoms. The summed E-state index contributed by atoms with van der Waals surface area (Å²) in [6.07, 6.45) is -1.92. The fourth-order valence-corrected chi connectivity index (χ4v) is 5.37. The Labute approximate surface area is 177 Å². The molecule has 5 nitrogen and oxygen atoms in total. The SMILES string of the molecule is FC(F)(F)c1ccc(-c2nc(CSc3nnc(NCC4CCCO4)s3)cs2)cc1. The topological polar surface area (TPSA) is 59.9 Å². The molecule has 29 heavy (non-hydrogen) atoms. The summed E-state index contributed by atoms with van der Waals surface area (Å²) >= 11 is 4.44. The standard InChI is InChI=1S/C18H17F3N4OS3/c19-18(20,21)12-5-3-11(4-6-12)15-23-13(9-27-15)10-28-17-25-24-16(29-17)22-8-14-2-1-7-26-14/h3-6,9,14H,1-2,7-8,10H2,(H,22,24). The fraction of sp³-hybridized carbons (Fsp3) is 0.389. The van der Waals surface area contributed by atoms with E-state index in [9.17, 15) is 13.2 Å². The minimum Gasteiger partial charge on any atom is -0.376 e. The summed E-state index contributed by atoms with van der Waals surface area (Å²) in [5.74, 6) is 0.623. The average Bonchev–Trinajstić information content (AvgIpc) is 3.46. The molecule has 4 rings (SSSR count). The number of anilines is 1. The second-order valence-corrected chi connectivity index (χ2v) is 9.45. The van der Waals surface area contributed by atoms with Crippen LogP contribution in [-0.4, -0.2) is 34.4 Å². The third-order valence-corrected chi connectivity index (χ3v) is 7.25. The third kappa shape index (κ3) is 5.47. The van der Waals surface area contributed by atoms with Crippen LogP contribution < -0.4 is 5.32 Å². The number of thioether (sulfide) groups is 1. The van der Waals surface area contributed by atoms with Gasteiger partial charge in [0.2, 0.25) is 5.13 Å². The van der Waals surface area contributed by atoms with Crippen molar-refractivity contribution in [2.45, 2.75) is 35.2 Å². The van der Waals surface area contributed by atoms with E-state index < -0.39 is 11.7 Å². The molecule has 2 aromatic heterocycles. The molecule has 1 aliphatic heterocycles. The molecule has 0 amide bonds. The predicted octanol–water partition coefficient (Wildman–Crippen LogP) is 5.56. The fourth-order valence-electron chi connectivity index (χ4n) is 2.79. The van der Waals surface area contributed by atoms with Gasteiger partial charge in [-0.15, -0.1) is 21.5 Å². The van der Waals surface area contributed by atoms with Gasteiger partial charge in [-0.3, -0.25) is 0 Å². The van der Waals surface area contributed by atoms with Gasteiger partial charge < -0.3 is 10.1 Å². The van der Waals surface area contributed by atoms with Gasteiger partial charge in [0.05, 0.1) is 17.4 Å². The number of thiazole rings is 1. The smallest absolute Gasteiger partial charge is 0.376 e. The van der Waals surface area contributed by atoms with E-state index in [-0.39, 0.29) is 6.10 Å². The van der Waals surface area contributed by atoms with Gasteiger partial charge in [0.15, 0.2) is 4.34 Å². The zero-order valence-electron chi connectivity index (χ0n) is 15.1. The van der Waals surface area contributed by atoms with Crippen molar-refractivity contribution in [1.82, 2.24) is 15.2 Å². The van der Waals surface area contributed by atoms with Crippen LogP contribution in [0.3, 0.4) is 0 Å². The number of hydrogen-bond donors (Lipinski definition) is 1. The Morgan fingerprint density at radius 3 is 2.76 bits per heavy atom. The zero-order chi connectivity index (χ0) is 20.3. The third-order valence-electron chi connectivity index (χ3n) is 4.27. The molecule has 1 N–H and O–H groups in total. The molecule has 0 bridgehead atoms. The largest absolute Gasteiger partial charge is 0.416 e. The van der Waals surface area contributed by atoms with E-state index in [1.54, 1.807) is 0 Å². The quantitative estimate of drug-likeness (QED) is 0.468. The Balaban J connectivity index is 1.30. The molecule has 0 radical (unpaired) electrons. The van der Waals surface area contributed by atoms with Crippen LogP contribution in [0.15, 0.2) is 34.0 Å². The number of alkyl halides is 3. The molecule has 154 valence electrons. The van der Waals surface area contributed by atoms with Crippen molar-refractivity contribution in [2.24, 2.45) is 0 Å². The highest BCUT2D eigenvalue weighted by atomic mass is 32.2. The number of rotatable bonds is 7. The lowest BCUT2D eigenvalue weighted by Crippen LogP contribution is -2.18. The van der Waals surface area contributed by atoms with Gasteiger partial charge in [0, 0.05) is 29.8 Å². The normalized spacial score (nSPS) is 17.0. The second-order valence-electron chi connectivity index (χ2n) is 6.40. The van der Waals surface area contributed by atoms with Gasteiger partial charge >= 0.3 is 6.18 Å². The maximum absolute atomic E-state index is 12.7. The van der Waals surface area contributed by atoms with Crippen LogP contribution in [0.1, 0.15) is 24.1 Å². The highest BCUT2D eigenvalue weighted by Crippen LogP contribution is 2.33. The van der Waals surface area contributed by atoms with E-state index >= 15 is 0 Å². The zero-order valence-corrected chi connectivity index (χ0v) is 17.6. The van der Waals surface area contributed by atoms with Gasteiger partial charge in [0.25, 0.3) is 0 Å². The molecule has 1 aliphatic rings. The molecule has 0 aliphatic carbocycles. The summed E-state index contributed by atoms with van der Waals surface area (Å²) in [6.45, 7) is 1.56. The van der Waals surface area contributed by atoms with Crippen LogP contribution in [0.4, 0.5) is 18.3 Å². The number of nitrogens with zero attached hydrogens (tertiary/aromatic N) is 3. The van der Waals surface area contributed by atoms with E-state index in [0.717, 1.165) is 53.3 Å². The van der Waals surface area contributed by atoms with Crippen molar-refractivity contribution in [3.05, 3.63) is 40.9 Å². The summed E-state index contributed by atoms with van der Waals surface area (Å²) in [7, 11) is 0. The van der Waals surface area contributed by atoms with E-state index in [1.165, 1.54) is 46.6 Å². The Kier molecular flexibility index (Phi) is 6.38. The molecule has 1 saturated heterocycles. The van der Waals surface area contributed by atoms with Crippen LogP contribution >= 0.6 is 34.4 Å². The Morgan fingerprint density at radius 2 is 2.03 bits per heavy atom. The highest BCUT2D eigenvalue weighted by Gasteiger charge is 2.30. The number of ether oxygens (including phenoxy) is 1. The molecule has 1 atom stereocenters. The summed E-state index contributed by atoms with van der Waals surface area (Å²) < 4.78 is 44.5. The van der Waals surface area contributed by atoms with E-state index in [2.05, 4.69) is 20.5 Å². The van der Waals surface area contributed by atoms with E-state index in [1.807, 2.05) is 5.38 Å². The molecule has 0 saturated carbocycles. The number of aromatic nitrogens is 3. The minimum absolute atomic E-state index is 0.244. The van der Waals surface area contributed by atoms with Crippen LogP contribution in [0, 0.1) is 0 Å². The second kappa shape index (κ2) is 8.99. The molecule has 3 aromatic rings. The number of nitrogens with one attached hydrogen (secondary N) is 1. The Hall–Kier alpha value is -1.69. The van der Waals surface area contributed by atoms with Crippen molar-refractivity contribution in [2.75, 3.05) is 18.5 Å². The van der Waals surface area contributed by atoms with Crippen LogP contribution in [0.2, 0.25) is 0 Å². The molecule has 1 unspecified atom stereocenters. The lowest BCUT2D eigenvalue weighted by atomic mass is 10.1. The van der Waals surface area contributed by atoms with Crippen molar-refractivity contribution < 1.29 is 17.9 Å². The molecular weight excluding hydrogens is 441 g/mol. The molecular formula is C18H17F3N4OS3. The van der Waals surface area contributed by atoms with Crippen molar-refractivity contribution in [3.8, 4) is 10.6 Å². The molecule has 1 aromatic carbocycles. The maximum Gasteiger partial charge on any atom is 0.416 e. The van der Waals surface area contributed by atoms with Crippen molar-refractivity contribution >= 4 is 39.6 Å². The summed E-state index contributed by atoms with van der Waals surface area (Å²) in [6, 6.07) is 5.07. The first-order valence-corrected chi connectivity index (χ1v) is 11.6. The number of hydrogen-bond acceptors (Lipinski definition) is 8. The van der Waals surface area contributed by atoms with Gasteiger partial charge in [-0.25, -0.2) is 4.98 Å². The van der Waals surface area contributed by atoms with Crippen molar-refractivity contribution in [1.29, 1.82) is 0 Å². The van der Waals surface area contributed by atoms with Crippen LogP contribution in [0.25, 0.3) is 10.6 Å². The Morgan fingerprint density at radius 1 is 1.21 bits per heavy atom. The van der Waals surface area contributed by atoms with Gasteiger partial charge in [0.1, 0.15) is 5.01 Å². The minimum atomic E-state index is -4.33. The lowest BCUT2D eigenvalue weighted by molar-refractivity contribution is -0.137. The maximum atomic E-state index is 12.7. The predicted molar refractivity (Wildman–Crippen MR) is 109 cm³/mol. The van der Waals surface area contributed by atoms with E-state index in [0.29, 0.717) is 16.3 Å². The lowest BCUT2D eigenvalue weighted by Gasteiger charge is -2.08. The van der Waals surface area contributed by atoms with Crippen LogP contribution in [0.5, 0.6) is 0 Å². The Bertz CT molecular complexity index is 936. The first kappa shape index (κ1) is 20.6. The van der Waals surface area contributed by atoms with E-state index in [4.69, 9.17) is 4.74 Å². The van der Waals surface area contributed by atoms with Crippen molar-refractivity contribution in [3.63, 3.8) is 0 Å². The monoisotopic (exact) mass is 458 g/mol. The summed E-state index contributed by atoms with van der Waals surface area (Å²) in [4.78, 5) is 4.52. The average molecular weight is 459 g/mol. The number of benzene rings is 1. The molecule has 0 spiro atoms. The first-order chi connectivity index (χ1) is 14.0. The first-order valence-electron chi connectivity index (χ1n) is 8.91. The summed E-state index contributed by atoms with van der Waals surface area (Å²) in [5.41, 5.74) is 0.878. The van der Waals surface area contributed by atoms with Crippen LogP contribution in [-0.2, 0) is 16.7 Å². The highest BCUT2D eigenvalue weighted by molar-refractivity contribution is 8.00. The number of halogens is 3. The molecule has 3 heterocycles.